The van der Waals surface area contributed by atoms with Crippen LogP contribution < -0.4 is 0 Å². The minimum atomic E-state index is -0.563. The molecule has 6 heteroatoms. The molecule has 0 radical (unpaired) electrons. The van der Waals surface area contributed by atoms with Gasteiger partial charge in [-0.15, -0.1) is 0 Å². The Morgan fingerprint density at radius 2 is 1.57 bits per heavy atom. The Hall–Kier alpha value is -0.620. The highest BCUT2D eigenvalue weighted by Gasteiger charge is 2.67. The number of hydrogen-bond acceptors (Lipinski definition) is 4. The number of halogens is 2. The zero-order valence-electron chi connectivity index (χ0n) is 12.4. The average Bonchev–Trinajstić information content (AvgIpc) is 2.86. The Kier molecular flexibility index (Phi) is 4.42. The van der Waals surface area contributed by atoms with Crippen molar-refractivity contribution in [2.24, 2.45) is 10.8 Å². The molecule has 2 aliphatic rings. The van der Waals surface area contributed by atoms with E-state index in [4.69, 9.17) is 9.47 Å². The third kappa shape index (κ3) is 1.91. The average molecular weight is 422 g/mol. The third-order valence-electron chi connectivity index (χ3n) is 4.98. The first-order valence-electron chi connectivity index (χ1n) is 6.70. The van der Waals surface area contributed by atoms with Gasteiger partial charge in [-0.2, -0.15) is 0 Å². The molecule has 4 atom stereocenters. The molecule has 4 nitrogen and oxygen atoms in total. The smallest absolute Gasteiger partial charge is 0.334 e. The van der Waals surface area contributed by atoms with Crippen LogP contribution in [0.4, 0.5) is 0 Å². The number of rotatable bonds is 3. The number of esters is 2. The van der Waals surface area contributed by atoms with E-state index in [0.717, 1.165) is 0 Å². The lowest BCUT2D eigenvalue weighted by Gasteiger charge is -2.44. The summed E-state index contributed by atoms with van der Waals surface area (Å²) < 4.78 is 9.87. The van der Waals surface area contributed by atoms with Gasteiger partial charge >= 0.3 is 11.9 Å². The Bertz CT molecular complexity index is 554. The number of alkyl halides is 2. The zero-order chi connectivity index (χ0) is 16.0. The van der Waals surface area contributed by atoms with Crippen molar-refractivity contribution in [1.29, 1.82) is 0 Å². The van der Waals surface area contributed by atoms with E-state index in [2.05, 4.69) is 31.9 Å². The van der Waals surface area contributed by atoms with Crippen LogP contribution in [0.3, 0.4) is 0 Å². The van der Waals surface area contributed by atoms with Crippen molar-refractivity contribution in [2.45, 2.75) is 29.9 Å². The zero-order valence-corrected chi connectivity index (χ0v) is 15.6. The molecule has 2 rings (SSSR count). The molecule has 116 valence electrons. The summed E-state index contributed by atoms with van der Waals surface area (Å²) in [6.07, 6.45) is 4.42. The standard InChI is InChI=1S/C15H18Br2O4/c1-5-15-9(13(19)21-4)7-10(16)14(15,2)8(6-11(15)17)12(18)20-3/h6-7,10-11H,5H2,1-4H3/t10-,11-,14+,15+/m1/s1. The van der Waals surface area contributed by atoms with Gasteiger partial charge in [0.25, 0.3) is 0 Å². The van der Waals surface area contributed by atoms with Crippen molar-refractivity contribution in [3.05, 3.63) is 23.3 Å². The molecule has 2 aliphatic carbocycles. The SMILES string of the molecule is CC[C@@]12C(C(=O)OC)=C[C@@H](Br)[C@]1(C)C(C(=O)OC)=C[C@H]2Br. The quantitative estimate of drug-likeness (QED) is 0.518. The summed E-state index contributed by atoms with van der Waals surface area (Å²) in [6, 6.07) is 0. The number of carbonyl (C=O) groups excluding carboxylic acids is 2. The molecule has 0 aromatic rings. The Morgan fingerprint density at radius 1 is 1.10 bits per heavy atom. The van der Waals surface area contributed by atoms with Crippen molar-refractivity contribution >= 4 is 43.8 Å². The van der Waals surface area contributed by atoms with Crippen LogP contribution in [0.2, 0.25) is 0 Å². The minimum absolute atomic E-state index is 0.137. The lowest BCUT2D eigenvalue weighted by molar-refractivity contribution is -0.140. The van der Waals surface area contributed by atoms with E-state index in [0.29, 0.717) is 17.6 Å². The van der Waals surface area contributed by atoms with E-state index in [1.54, 1.807) is 0 Å². The topological polar surface area (TPSA) is 52.6 Å². The lowest BCUT2D eigenvalue weighted by atomic mass is 9.61. The van der Waals surface area contributed by atoms with Crippen LogP contribution in [0.15, 0.2) is 23.3 Å². The fraction of sp³-hybridized carbons (Fsp3) is 0.600. The second-order valence-corrected chi connectivity index (χ2v) is 7.45. The molecule has 0 unspecified atom stereocenters. The molecule has 0 aromatic heterocycles. The van der Waals surface area contributed by atoms with Gasteiger partial charge in [-0.05, 0) is 6.42 Å². The van der Waals surface area contributed by atoms with E-state index in [1.165, 1.54) is 14.2 Å². The van der Waals surface area contributed by atoms with Gasteiger partial charge in [0.15, 0.2) is 0 Å². The first kappa shape index (κ1) is 16.7. The number of methoxy groups -OCH3 is 2. The van der Waals surface area contributed by atoms with Crippen molar-refractivity contribution in [3.8, 4) is 0 Å². The maximum absolute atomic E-state index is 12.2. The third-order valence-corrected chi connectivity index (χ3v) is 7.21. The van der Waals surface area contributed by atoms with Gasteiger partial charge in [0.2, 0.25) is 0 Å². The van der Waals surface area contributed by atoms with Crippen LogP contribution in [-0.4, -0.2) is 35.8 Å². The van der Waals surface area contributed by atoms with Crippen LogP contribution in [0, 0.1) is 10.8 Å². The van der Waals surface area contributed by atoms with Crippen molar-refractivity contribution < 1.29 is 19.1 Å². The highest BCUT2D eigenvalue weighted by atomic mass is 79.9. The Morgan fingerprint density at radius 3 is 2.05 bits per heavy atom. The number of allylic oxidation sites excluding steroid dienone is 2. The van der Waals surface area contributed by atoms with Gasteiger partial charge in [-0.25, -0.2) is 9.59 Å². The highest BCUT2D eigenvalue weighted by molar-refractivity contribution is 9.10. The van der Waals surface area contributed by atoms with E-state index >= 15 is 0 Å². The van der Waals surface area contributed by atoms with Crippen LogP contribution in [-0.2, 0) is 19.1 Å². The van der Waals surface area contributed by atoms with Gasteiger partial charge in [0, 0.05) is 31.6 Å². The summed E-state index contributed by atoms with van der Waals surface area (Å²) in [5.41, 5.74) is 0.101. The summed E-state index contributed by atoms with van der Waals surface area (Å²) in [4.78, 5) is 24.1. The van der Waals surface area contributed by atoms with Crippen LogP contribution in [0.5, 0.6) is 0 Å². The first-order chi connectivity index (χ1) is 9.81. The molecule has 0 bridgehead atoms. The maximum atomic E-state index is 12.2. The van der Waals surface area contributed by atoms with Crippen LogP contribution >= 0.6 is 31.9 Å². The number of carbonyl (C=O) groups is 2. The van der Waals surface area contributed by atoms with Gasteiger partial charge in [0.05, 0.1) is 14.2 Å². The normalized spacial score (nSPS) is 37.6. The largest absolute Gasteiger partial charge is 0.466 e. The fourth-order valence-corrected chi connectivity index (χ4v) is 6.01. The van der Waals surface area contributed by atoms with Gasteiger partial charge in [-0.3, -0.25) is 0 Å². The second kappa shape index (κ2) is 5.54. The predicted molar refractivity (Wildman–Crippen MR) is 86.5 cm³/mol. The molecule has 21 heavy (non-hydrogen) atoms. The Balaban J connectivity index is 2.64. The number of fused-ring (bicyclic) bond motifs is 1. The van der Waals surface area contributed by atoms with Crippen molar-refractivity contribution in [2.75, 3.05) is 14.2 Å². The monoisotopic (exact) mass is 420 g/mol. The van der Waals surface area contributed by atoms with Gasteiger partial charge in [-0.1, -0.05) is 57.9 Å². The van der Waals surface area contributed by atoms with Crippen LogP contribution in [0.1, 0.15) is 20.3 Å². The number of hydrogen-bond donors (Lipinski definition) is 0. The summed E-state index contributed by atoms with van der Waals surface area (Å²) in [5.74, 6) is -0.713. The molecule has 0 fully saturated rings. The molecule has 0 aliphatic heterocycles. The second-order valence-electron chi connectivity index (χ2n) is 5.47. The summed E-state index contributed by atoms with van der Waals surface area (Å²) in [7, 11) is 2.74. The molecular formula is C15H18Br2O4. The van der Waals surface area contributed by atoms with Crippen molar-refractivity contribution in [3.63, 3.8) is 0 Å². The molecule has 0 amide bonds. The van der Waals surface area contributed by atoms with E-state index < -0.39 is 10.8 Å². The summed E-state index contributed by atoms with van der Waals surface area (Å²) in [6.45, 7) is 4.01. The first-order valence-corrected chi connectivity index (χ1v) is 8.53. The van der Waals surface area contributed by atoms with E-state index in [-0.39, 0.29) is 21.6 Å². The fourth-order valence-electron chi connectivity index (χ4n) is 3.78. The molecule has 0 aromatic carbocycles. The predicted octanol–water partition coefficient (Wildman–Crippen LogP) is 3.14. The number of ether oxygens (including phenoxy) is 2. The molecule has 0 saturated heterocycles. The van der Waals surface area contributed by atoms with E-state index in [9.17, 15) is 9.59 Å². The molecule has 0 spiro atoms. The molecular weight excluding hydrogens is 404 g/mol. The lowest BCUT2D eigenvalue weighted by Crippen LogP contribution is -2.46. The van der Waals surface area contributed by atoms with Gasteiger partial charge in [0.1, 0.15) is 0 Å². The molecule has 0 heterocycles. The van der Waals surface area contributed by atoms with E-state index in [1.807, 2.05) is 26.0 Å². The van der Waals surface area contributed by atoms with Gasteiger partial charge < -0.3 is 9.47 Å². The molecule has 0 saturated carbocycles. The summed E-state index contributed by atoms with van der Waals surface area (Å²) in [5, 5.41) is 0. The molecule has 0 N–H and O–H groups in total. The van der Waals surface area contributed by atoms with Crippen molar-refractivity contribution in [1.82, 2.24) is 0 Å². The highest BCUT2D eigenvalue weighted by Crippen LogP contribution is 2.68. The van der Waals surface area contributed by atoms with Crippen LogP contribution in [0.25, 0.3) is 0 Å². The maximum Gasteiger partial charge on any atom is 0.334 e. The summed E-state index contributed by atoms with van der Waals surface area (Å²) >= 11 is 7.27. The Labute approximate surface area is 141 Å². The minimum Gasteiger partial charge on any atom is -0.466 e.